The van der Waals surface area contributed by atoms with Crippen molar-refractivity contribution in [3.63, 3.8) is 0 Å². The molecule has 0 N–H and O–H groups in total. The average Bonchev–Trinajstić information content (AvgIpc) is 2.64. The molecular formula is C10H10ClFN2O. The average molecular weight is 229 g/mol. The standard InChI is InChI=1S/C10H10ClFN2O/c1-3-4-8(5-7(2)12)10-13-9(6-11)14-15-10/h3-5H,1,6H2,2H3/b7-5+,8-4+. The Kier molecular flexibility index (Phi) is 4.24. The largest absolute Gasteiger partial charge is 0.334 e. The lowest BCUT2D eigenvalue weighted by molar-refractivity contribution is 0.403. The van der Waals surface area contributed by atoms with Gasteiger partial charge in [-0.05, 0) is 19.1 Å². The highest BCUT2D eigenvalue weighted by Gasteiger charge is 2.08. The molecule has 0 atom stereocenters. The maximum Gasteiger partial charge on any atom is 0.258 e. The van der Waals surface area contributed by atoms with Crippen molar-refractivity contribution in [1.82, 2.24) is 10.1 Å². The summed E-state index contributed by atoms with van der Waals surface area (Å²) in [6, 6.07) is 0. The summed E-state index contributed by atoms with van der Waals surface area (Å²) in [7, 11) is 0. The van der Waals surface area contributed by atoms with E-state index in [1.165, 1.54) is 19.1 Å². The third kappa shape index (κ3) is 3.32. The summed E-state index contributed by atoms with van der Waals surface area (Å²) in [4.78, 5) is 3.96. The quantitative estimate of drug-likeness (QED) is 0.587. The molecule has 80 valence electrons. The van der Waals surface area contributed by atoms with Crippen LogP contribution in [0.4, 0.5) is 4.39 Å². The van der Waals surface area contributed by atoms with Crippen molar-refractivity contribution in [2.45, 2.75) is 12.8 Å². The van der Waals surface area contributed by atoms with E-state index in [1.807, 2.05) is 0 Å². The highest BCUT2D eigenvalue weighted by atomic mass is 35.5. The van der Waals surface area contributed by atoms with Crippen LogP contribution in [0.3, 0.4) is 0 Å². The lowest BCUT2D eigenvalue weighted by atomic mass is 10.2. The van der Waals surface area contributed by atoms with Gasteiger partial charge in [0.2, 0.25) is 0 Å². The lowest BCUT2D eigenvalue weighted by Crippen LogP contribution is -1.83. The zero-order chi connectivity index (χ0) is 11.3. The Hall–Kier alpha value is -1.42. The fourth-order valence-electron chi connectivity index (χ4n) is 0.948. The molecule has 0 radical (unpaired) electrons. The van der Waals surface area contributed by atoms with Gasteiger partial charge in [-0.1, -0.05) is 17.8 Å². The molecule has 0 aliphatic carbocycles. The van der Waals surface area contributed by atoms with Gasteiger partial charge in [0.1, 0.15) is 0 Å². The predicted molar refractivity (Wildman–Crippen MR) is 56.9 cm³/mol. The van der Waals surface area contributed by atoms with Gasteiger partial charge in [0.05, 0.1) is 11.7 Å². The van der Waals surface area contributed by atoms with Gasteiger partial charge in [-0.15, -0.1) is 11.6 Å². The molecule has 1 aromatic heterocycles. The molecule has 0 spiro atoms. The molecule has 3 nitrogen and oxygen atoms in total. The van der Waals surface area contributed by atoms with Gasteiger partial charge in [-0.25, -0.2) is 4.39 Å². The zero-order valence-corrected chi connectivity index (χ0v) is 8.96. The van der Waals surface area contributed by atoms with Crippen LogP contribution in [0.5, 0.6) is 0 Å². The van der Waals surface area contributed by atoms with E-state index in [0.29, 0.717) is 11.4 Å². The predicted octanol–water partition coefficient (Wildman–Crippen LogP) is 3.25. The molecule has 0 aliphatic rings. The van der Waals surface area contributed by atoms with Crippen LogP contribution in [0.2, 0.25) is 0 Å². The van der Waals surface area contributed by atoms with Gasteiger partial charge in [-0.3, -0.25) is 0 Å². The molecule has 1 rings (SSSR count). The van der Waals surface area contributed by atoms with Crippen LogP contribution in [-0.2, 0) is 5.88 Å². The normalized spacial score (nSPS) is 13.0. The Morgan fingerprint density at radius 3 is 2.87 bits per heavy atom. The molecule has 5 heteroatoms. The minimum absolute atomic E-state index is 0.156. The van der Waals surface area contributed by atoms with Crippen LogP contribution in [0.15, 0.2) is 35.2 Å². The Labute approximate surface area is 91.9 Å². The van der Waals surface area contributed by atoms with Gasteiger partial charge in [0, 0.05) is 5.57 Å². The molecule has 15 heavy (non-hydrogen) atoms. The number of aromatic nitrogens is 2. The molecule has 0 aromatic carbocycles. The second-order valence-corrected chi connectivity index (χ2v) is 3.01. The van der Waals surface area contributed by atoms with E-state index >= 15 is 0 Å². The summed E-state index contributed by atoms with van der Waals surface area (Å²) in [5.41, 5.74) is 0.467. The van der Waals surface area contributed by atoms with Gasteiger partial charge in [0.25, 0.3) is 5.89 Å². The molecule has 0 fully saturated rings. The summed E-state index contributed by atoms with van der Waals surface area (Å²) in [6.07, 6.45) is 4.38. The van der Waals surface area contributed by atoms with Crippen LogP contribution < -0.4 is 0 Å². The van der Waals surface area contributed by atoms with E-state index in [-0.39, 0.29) is 17.6 Å². The lowest BCUT2D eigenvalue weighted by Gasteiger charge is -1.92. The first-order valence-corrected chi connectivity index (χ1v) is 4.76. The van der Waals surface area contributed by atoms with E-state index in [0.717, 1.165) is 0 Å². The number of alkyl halides is 1. The highest BCUT2D eigenvalue weighted by molar-refractivity contribution is 6.16. The smallest absolute Gasteiger partial charge is 0.258 e. The molecule has 0 unspecified atom stereocenters. The SMILES string of the molecule is C=C/C=C(\C=C(/C)F)c1nc(CCl)no1. The maximum absolute atomic E-state index is 12.7. The monoisotopic (exact) mass is 228 g/mol. The summed E-state index contributed by atoms with van der Waals surface area (Å²) < 4.78 is 17.6. The summed E-state index contributed by atoms with van der Waals surface area (Å²) in [5, 5.41) is 3.60. The van der Waals surface area contributed by atoms with E-state index in [9.17, 15) is 4.39 Å². The van der Waals surface area contributed by atoms with Crippen LogP contribution >= 0.6 is 11.6 Å². The highest BCUT2D eigenvalue weighted by Crippen LogP contribution is 2.16. The van der Waals surface area contributed by atoms with Crippen molar-refractivity contribution in [3.8, 4) is 0 Å². The molecule has 0 saturated carbocycles. The van der Waals surface area contributed by atoms with E-state index < -0.39 is 0 Å². The third-order valence-electron chi connectivity index (χ3n) is 1.49. The summed E-state index contributed by atoms with van der Waals surface area (Å²) in [6.45, 7) is 4.85. The molecule has 0 saturated heterocycles. The Morgan fingerprint density at radius 2 is 2.40 bits per heavy atom. The van der Waals surface area contributed by atoms with Gasteiger partial charge >= 0.3 is 0 Å². The number of allylic oxidation sites excluding steroid dienone is 5. The summed E-state index contributed by atoms with van der Waals surface area (Å²) >= 11 is 5.51. The molecule has 0 amide bonds. The molecule has 0 aliphatic heterocycles. The van der Waals surface area contributed by atoms with Crippen LogP contribution in [0, 0.1) is 0 Å². The third-order valence-corrected chi connectivity index (χ3v) is 1.73. The molecule has 0 bridgehead atoms. The fourth-order valence-corrected chi connectivity index (χ4v) is 1.06. The maximum atomic E-state index is 12.7. The number of hydrogen-bond acceptors (Lipinski definition) is 3. The van der Waals surface area contributed by atoms with Crippen molar-refractivity contribution in [2.75, 3.05) is 0 Å². The molecular weight excluding hydrogens is 219 g/mol. The van der Waals surface area contributed by atoms with Gasteiger partial charge < -0.3 is 4.52 Å². The van der Waals surface area contributed by atoms with E-state index in [1.54, 1.807) is 6.08 Å². The molecule has 1 heterocycles. The molecule has 1 aromatic rings. The fraction of sp³-hybridized carbons (Fsp3) is 0.200. The van der Waals surface area contributed by atoms with Crippen molar-refractivity contribution < 1.29 is 8.91 Å². The van der Waals surface area contributed by atoms with Crippen molar-refractivity contribution in [2.24, 2.45) is 0 Å². The van der Waals surface area contributed by atoms with Crippen molar-refractivity contribution >= 4 is 17.2 Å². The first-order valence-electron chi connectivity index (χ1n) is 4.22. The van der Waals surface area contributed by atoms with Gasteiger partial charge in [-0.2, -0.15) is 4.98 Å². The Morgan fingerprint density at radius 1 is 1.67 bits per heavy atom. The first-order chi connectivity index (χ1) is 7.17. The topological polar surface area (TPSA) is 38.9 Å². The zero-order valence-electron chi connectivity index (χ0n) is 8.20. The Bertz CT molecular complexity index is 405. The van der Waals surface area contributed by atoms with Gasteiger partial charge in [0.15, 0.2) is 5.82 Å². The van der Waals surface area contributed by atoms with E-state index in [2.05, 4.69) is 16.7 Å². The Balaban J connectivity index is 3.05. The minimum atomic E-state index is -0.353. The van der Waals surface area contributed by atoms with Crippen LogP contribution in [-0.4, -0.2) is 10.1 Å². The first kappa shape index (κ1) is 11.7. The van der Waals surface area contributed by atoms with Crippen LogP contribution in [0.1, 0.15) is 18.6 Å². The van der Waals surface area contributed by atoms with Crippen molar-refractivity contribution in [1.29, 1.82) is 0 Å². The number of rotatable bonds is 4. The van der Waals surface area contributed by atoms with E-state index in [4.69, 9.17) is 16.1 Å². The second kappa shape index (κ2) is 5.46. The van der Waals surface area contributed by atoms with Crippen LogP contribution in [0.25, 0.3) is 5.57 Å². The number of nitrogens with zero attached hydrogens (tertiary/aromatic N) is 2. The second-order valence-electron chi connectivity index (χ2n) is 2.74. The number of hydrogen-bond donors (Lipinski definition) is 0. The van der Waals surface area contributed by atoms with Crippen molar-refractivity contribution in [3.05, 3.63) is 42.3 Å². The summed E-state index contributed by atoms with van der Waals surface area (Å²) in [5.74, 6) is 0.395. The number of halogens is 2. The minimum Gasteiger partial charge on any atom is -0.334 e.